The van der Waals surface area contributed by atoms with Gasteiger partial charge in [-0.3, -0.25) is 0 Å². The van der Waals surface area contributed by atoms with Crippen LogP contribution in [0.2, 0.25) is 0 Å². The number of nitrogens with two attached hydrogens (primary N) is 1. The zero-order valence-corrected chi connectivity index (χ0v) is 9.84. The molecule has 0 rings (SSSR count). The summed E-state index contributed by atoms with van der Waals surface area (Å²) in [5.74, 6) is 0.351. The summed E-state index contributed by atoms with van der Waals surface area (Å²) in [6, 6.07) is 2.24. The molecule has 82 valence electrons. The van der Waals surface area contributed by atoms with Crippen molar-refractivity contribution in [1.29, 1.82) is 5.26 Å². The van der Waals surface area contributed by atoms with Gasteiger partial charge >= 0.3 is 0 Å². The first kappa shape index (κ1) is 13.4. The molecular formula is C12H24N2. The Kier molecular flexibility index (Phi) is 6.57. The van der Waals surface area contributed by atoms with Crippen molar-refractivity contribution >= 4 is 0 Å². The second-order valence-corrected chi connectivity index (χ2v) is 4.73. The van der Waals surface area contributed by atoms with Crippen LogP contribution in [0.1, 0.15) is 59.3 Å². The Morgan fingerprint density at radius 1 is 1.29 bits per heavy atom. The van der Waals surface area contributed by atoms with Gasteiger partial charge in [-0.2, -0.15) is 5.26 Å². The first-order chi connectivity index (χ1) is 6.52. The number of hydrogen-bond acceptors (Lipinski definition) is 2. The van der Waals surface area contributed by atoms with Crippen LogP contribution in [0.15, 0.2) is 0 Å². The van der Waals surface area contributed by atoms with E-state index in [1.54, 1.807) is 0 Å². The molecular weight excluding hydrogens is 172 g/mol. The van der Waals surface area contributed by atoms with Gasteiger partial charge in [0, 0.05) is 12.0 Å². The van der Waals surface area contributed by atoms with Crippen LogP contribution in [0, 0.1) is 17.2 Å². The monoisotopic (exact) mass is 196 g/mol. The van der Waals surface area contributed by atoms with Gasteiger partial charge in [0.05, 0.1) is 6.07 Å². The summed E-state index contributed by atoms with van der Waals surface area (Å²) in [7, 11) is 0. The number of nitrogens with zero attached hydrogens (tertiary/aromatic N) is 1. The molecule has 0 heterocycles. The third kappa shape index (κ3) is 5.99. The first-order valence-electron chi connectivity index (χ1n) is 5.68. The molecule has 0 fully saturated rings. The average Bonchev–Trinajstić information content (AvgIpc) is 2.08. The SMILES string of the molecule is CCCCCCC(CC#N)C(C)(C)N. The van der Waals surface area contributed by atoms with E-state index in [1.807, 2.05) is 13.8 Å². The van der Waals surface area contributed by atoms with Crippen LogP contribution in [0.3, 0.4) is 0 Å². The Morgan fingerprint density at radius 2 is 1.93 bits per heavy atom. The summed E-state index contributed by atoms with van der Waals surface area (Å²) >= 11 is 0. The molecule has 0 aromatic rings. The number of rotatable bonds is 7. The van der Waals surface area contributed by atoms with Crippen molar-refractivity contribution in [3.05, 3.63) is 0 Å². The average molecular weight is 196 g/mol. The van der Waals surface area contributed by atoms with Gasteiger partial charge in [0.15, 0.2) is 0 Å². The number of unbranched alkanes of at least 4 members (excludes halogenated alkanes) is 3. The molecule has 0 bridgehead atoms. The van der Waals surface area contributed by atoms with Gasteiger partial charge in [0.2, 0.25) is 0 Å². The first-order valence-corrected chi connectivity index (χ1v) is 5.68. The third-order valence-electron chi connectivity index (χ3n) is 2.80. The van der Waals surface area contributed by atoms with Gasteiger partial charge in [0.1, 0.15) is 0 Å². The predicted octanol–water partition coefficient (Wildman–Crippen LogP) is 3.22. The van der Waals surface area contributed by atoms with Gasteiger partial charge in [0.25, 0.3) is 0 Å². The van der Waals surface area contributed by atoms with Crippen molar-refractivity contribution in [2.24, 2.45) is 11.7 Å². The molecule has 0 aliphatic rings. The third-order valence-corrected chi connectivity index (χ3v) is 2.80. The van der Waals surface area contributed by atoms with Crippen LogP contribution in [-0.4, -0.2) is 5.54 Å². The van der Waals surface area contributed by atoms with Crippen LogP contribution in [-0.2, 0) is 0 Å². The second kappa shape index (κ2) is 6.84. The summed E-state index contributed by atoms with van der Waals surface area (Å²) in [4.78, 5) is 0. The molecule has 0 saturated carbocycles. The number of nitriles is 1. The van der Waals surface area contributed by atoms with Gasteiger partial charge < -0.3 is 5.73 Å². The van der Waals surface area contributed by atoms with Crippen molar-refractivity contribution in [2.75, 3.05) is 0 Å². The van der Waals surface area contributed by atoms with E-state index in [0.717, 1.165) is 6.42 Å². The van der Waals surface area contributed by atoms with Crippen molar-refractivity contribution in [3.8, 4) is 6.07 Å². The Labute approximate surface area is 88.5 Å². The van der Waals surface area contributed by atoms with Gasteiger partial charge in [-0.1, -0.05) is 32.6 Å². The molecule has 2 heteroatoms. The molecule has 1 atom stereocenters. The maximum atomic E-state index is 8.70. The minimum atomic E-state index is -0.206. The topological polar surface area (TPSA) is 49.8 Å². The fourth-order valence-electron chi connectivity index (χ4n) is 1.66. The smallest absolute Gasteiger partial charge is 0.0625 e. The Morgan fingerprint density at radius 3 is 2.36 bits per heavy atom. The zero-order valence-electron chi connectivity index (χ0n) is 9.84. The highest BCUT2D eigenvalue weighted by Gasteiger charge is 2.23. The molecule has 0 radical (unpaired) electrons. The molecule has 2 N–H and O–H groups in total. The second-order valence-electron chi connectivity index (χ2n) is 4.73. The van der Waals surface area contributed by atoms with E-state index in [2.05, 4.69) is 13.0 Å². The lowest BCUT2D eigenvalue weighted by Crippen LogP contribution is -2.40. The summed E-state index contributed by atoms with van der Waals surface area (Å²) < 4.78 is 0. The van der Waals surface area contributed by atoms with Gasteiger partial charge in [-0.05, 0) is 26.2 Å². The Balaban J connectivity index is 3.81. The van der Waals surface area contributed by atoms with Crippen molar-refractivity contribution in [1.82, 2.24) is 0 Å². The standard InChI is InChI=1S/C12H24N2/c1-4-5-6-7-8-11(9-10-13)12(2,3)14/h11H,4-9,14H2,1-3H3. The highest BCUT2D eigenvalue weighted by molar-refractivity contribution is 4.88. The molecule has 0 aliphatic heterocycles. The molecule has 0 amide bonds. The highest BCUT2D eigenvalue weighted by atomic mass is 14.7. The fraction of sp³-hybridized carbons (Fsp3) is 0.917. The summed E-state index contributed by atoms with van der Waals surface area (Å²) in [6.07, 6.45) is 6.72. The van der Waals surface area contributed by atoms with E-state index in [1.165, 1.54) is 25.7 Å². The minimum Gasteiger partial charge on any atom is -0.325 e. The molecule has 0 saturated heterocycles. The quantitative estimate of drug-likeness (QED) is 0.635. The van der Waals surface area contributed by atoms with Crippen LogP contribution >= 0.6 is 0 Å². The van der Waals surface area contributed by atoms with Crippen LogP contribution in [0.5, 0.6) is 0 Å². The van der Waals surface area contributed by atoms with E-state index < -0.39 is 0 Å². The summed E-state index contributed by atoms with van der Waals surface area (Å²) in [5, 5.41) is 8.70. The van der Waals surface area contributed by atoms with E-state index in [0.29, 0.717) is 12.3 Å². The molecule has 0 aromatic carbocycles. The van der Waals surface area contributed by atoms with E-state index in [9.17, 15) is 0 Å². The minimum absolute atomic E-state index is 0.206. The largest absolute Gasteiger partial charge is 0.325 e. The van der Waals surface area contributed by atoms with Crippen LogP contribution in [0.4, 0.5) is 0 Å². The molecule has 0 aliphatic carbocycles. The van der Waals surface area contributed by atoms with Crippen LogP contribution < -0.4 is 5.73 Å². The van der Waals surface area contributed by atoms with E-state index in [4.69, 9.17) is 11.0 Å². The predicted molar refractivity (Wildman–Crippen MR) is 60.7 cm³/mol. The maximum absolute atomic E-state index is 8.70. The van der Waals surface area contributed by atoms with E-state index in [-0.39, 0.29) is 5.54 Å². The lowest BCUT2D eigenvalue weighted by Gasteiger charge is -2.28. The summed E-state index contributed by atoms with van der Waals surface area (Å²) in [6.45, 7) is 6.25. The molecule has 0 aromatic heterocycles. The number of hydrogen-bond donors (Lipinski definition) is 1. The van der Waals surface area contributed by atoms with Crippen molar-refractivity contribution in [2.45, 2.75) is 64.8 Å². The van der Waals surface area contributed by atoms with Crippen molar-refractivity contribution < 1.29 is 0 Å². The molecule has 2 nitrogen and oxygen atoms in total. The zero-order chi connectivity index (χ0) is 11.0. The molecule has 1 unspecified atom stereocenters. The lowest BCUT2D eigenvalue weighted by molar-refractivity contribution is 0.297. The molecule has 0 spiro atoms. The normalized spacial score (nSPS) is 13.6. The van der Waals surface area contributed by atoms with Crippen LogP contribution in [0.25, 0.3) is 0 Å². The van der Waals surface area contributed by atoms with E-state index >= 15 is 0 Å². The van der Waals surface area contributed by atoms with Gasteiger partial charge in [-0.25, -0.2) is 0 Å². The van der Waals surface area contributed by atoms with Gasteiger partial charge in [-0.15, -0.1) is 0 Å². The molecule has 14 heavy (non-hydrogen) atoms. The maximum Gasteiger partial charge on any atom is 0.0625 e. The highest BCUT2D eigenvalue weighted by Crippen LogP contribution is 2.23. The fourth-order valence-corrected chi connectivity index (χ4v) is 1.66. The Bertz CT molecular complexity index is 174. The Hall–Kier alpha value is -0.550. The lowest BCUT2D eigenvalue weighted by atomic mass is 9.82. The summed E-state index contributed by atoms with van der Waals surface area (Å²) in [5.41, 5.74) is 5.82. The van der Waals surface area contributed by atoms with Crippen molar-refractivity contribution in [3.63, 3.8) is 0 Å².